The highest BCUT2D eigenvalue weighted by Gasteiger charge is 2.19. The lowest BCUT2D eigenvalue weighted by atomic mass is 10.1. The van der Waals surface area contributed by atoms with E-state index in [-0.39, 0.29) is 0 Å². The molecule has 102 valence electrons. The third-order valence-electron chi connectivity index (χ3n) is 3.49. The summed E-state index contributed by atoms with van der Waals surface area (Å²) in [6, 6.07) is 8.43. The standard InChI is InChI=1S/C16H22N2O/c1-19-16-5-3-11-18(13-16)12-15-8-6-14(7-9-15)4-2-10-17/h6-9,16H,3,5,10-13,17H2,1H3. The number of ether oxygens (including phenoxy) is 1. The minimum absolute atomic E-state index is 0.392. The third kappa shape index (κ3) is 4.36. The van der Waals surface area contributed by atoms with Crippen LogP contribution in [0.25, 0.3) is 0 Å². The Morgan fingerprint density at radius 1 is 1.37 bits per heavy atom. The van der Waals surface area contributed by atoms with Gasteiger partial charge in [0.1, 0.15) is 0 Å². The van der Waals surface area contributed by atoms with Gasteiger partial charge < -0.3 is 10.5 Å². The van der Waals surface area contributed by atoms with E-state index in [2.05, 4.69) is 41.0 Å². The van der Waals surface area contributed by atoms with Crippen molar-refractivity contribution in [2.24, 2.45) is 5.73 Å². The average molecular weight is 258 g/mol. The molecule has 3 nitrogen and oxygen atoms in total. The first kappa shape index (κ1) is 14.1. The Morgan fingerprint density at radius 2 is 2.16 bits per heavy atom. The van der Waals surface area contributed by atoms with Gasteiger partial charge in [0.25, 0.3) is 0 Å². The monoisotopic (exact) mass is 258 g/mol. The quantitative estimate of drug-likeness (QED) is 0.837. The second kappa shape index (κ2) is 7.30. The van der Waals surface area contributed by atoms with Crippen LogP contribution >= 0.6 is 0 Å². The van der Waals surface area contributed by atoms with Crippen LogP contribution < -0.4 is 5.73 Å². The van der Waals surface area contributed by atoms with Crippen LogP contribution in [-0.2, 0) is 11.3 Å². The first-order chi connectivity index (χ1) is 9.31. The second-order valence-corrected chi connectivity index (χ2v) is 4.94. The van der Waals surface area contributed by atoms with Gasteiger partial charge in [0.15, 0.2) is 0 Å². The van der Waals surface area contributed by atoms with Gasteiger partial charge in [-0.05, 0) is 37.1 Å². The molecule has 1 atom stereocenters. The maximum Gasteiger partial charge on any atom is 0.0698 e. The number of nitrogens with zero attached hydrogens (tertiary/aromatic N) is 1. The zero-order valence-electron chi connectivity index (χ0n) is 11.6. The van der Waals surface area contributed by atoms with Crippen LogP contribution in [0, 0.1) is 11.8 Å². The van der Waals surface area contributed by atoms with Crippen molar-refractivity contribution in [1.82, 2.24) is 4.90 Å². The van der Waals surface area contributed by atoms with E-state index in [0.29, 0.717) is 12.6 Å². The zero-order valence-corrected chi connectivity index (χ0v) is 11.6. The van der Waals surface area contributed by atoms with E-state index in [1.807, 2.05) is 0 Å². The summed E-state index contributed by atoms with van der Waals surface area (Å²) < 4.78 is 5.45. The van der Waals surface area contributed by atoms with E-state index in [9.17, 15) is 0 Å². The van der Waals surface area contributed by atoms with E-state index >= 15 is 0 Å². The molecule has 19 heavy (non-hydrogen) atoms. The van der Waals surface area contributed by atoms with Crippen LogP contribution in [0.15, 0.2) is 24.3 Å². The van der Waals surface area contributed by atoms with E-state index in [0.717, 1.165) is 25.2 Å². The SMILES string of the molecule is COC1CCCN(Cc2ccc(C#CCN)cc2)C1. The molecule has 1 unspecified atom stereocenters. The van der Waals surface area contributed by atoms with Crippen LogP contribution in [-0.4, -0.2) is 37.7 Å². The van der Waals surface area contributed by atoms with Crippen LogP contribution in [0.3, 0.4) is 0 Å². The molecule has 3 heteroatoms. The number of rotatable bonds is 3. The molecule has 2 N–H and O–H groups in total. The molecule has 1 aliphatic heterocycles. The molecule has 0 amide bonds. The molecule has 0 bridgehead atoms. The van der Waals surface area contributed by atoms with Gasteiger partial charge >= 0.3 is 0 Å². The zero-order chi connectivity index (χ0) is 13.5. The second-order valence-electron chi connectivity index (χ2n) is 4.94. The van der Waals surface area contributed by atoms with Crippen molar-refractivity contribution in [2.45, 2.75) is 25.5 Å². The predicted molar refractivity (Wildman–Crippen MR) is 77.7 cm³/mol. The Labute approximate surface area is 115 Å². The molecular weight excluding hydrogens is 236 g/mol. The summed E-state index contributed by atoms with van der Waals surface area (Å²) in [5.41, 5.74) is 7.72. The summed E-state index contributed by atoms with van der Waals surface area (Å²) in [6.45, 7) is 3.60. The lowest BCUT2D eigenvalue weighted by Gasteiger charge is -2.31. The fourth-order valence-corrected chi connectivity index (χ4v) is 2.45. The number of piperidine rings is 1. The molecule has 1 heterocycles. The van der Waals surface area contributed by atoms with Gasteiger partial charge in [-0.2, -0.15) is 0 Å². The summed E-state index contributed by atoms with van der Waals surface area (Å²) in [5.74, 6) is 5.91. The van der Waals surface area contributed by atoms with Gasteiger partial charge in [0.05, 0.1) is 12.6 Å². The van der Waals surface area contributed by atoms with Crippen molar-refractivity contribution in [3.05, 3.63) is 35.4 Å². The van der Waals surface area contributed by atoms with Crippen molar-refractivity contribution in [1.29, 1.82) is 0 Å². The van der Waals surface area contributed by atoms with Crippen LogP contribution in [0.4, 0.5) is 0 Å². The van der Waals surface area contributed by atoms with Crippen molar-refractivity contribution < 1.29 is 4.74 Å². The lowest BCUT2D eigenvalue weighted by Crippen LogP contribution is -2.38. The molecule has 1 aromatic rings. The van der Waals surface area contributed by atoms with Gasteiger partial charge in [-0.3, -0.25) is 4.90 Å². The summed E-state index contributed by atoms with van der Waals surface area (Å²) in [5, 5.41) is 0. The maximum atomic E-state index is 5.45. The molecule has 1 saturated heterocycles. The van der Waals surface area contributed by atoms with Crippen molar-refractivity contribution in [3.8, 4) is 11.8 Å². The highest BCUT2D eigenvalue weighted by Crippen LogP contribution is 2.15. The largest absolute Gasteiger partial charge is 0.380 e. The summed E-state index contributed by atoms with van der Waals surface area (Å²) in [4.78, 5) is 2.46. The Bertz CT molecular complexity index is 444. The first-order valence-corrected chi connectivity index (χ1v) is 6.85. The highest BCUT2D eigenvalue weighted by molar-refractivity contribution is 5.36. The molecule has 0 aromatic heterocycles. The Hall–Kier alpha value is -1.34. The lowest BCUT2D eigenvalue weighted by molar-refractivity contribution is 0.0285. The first-order valence-electron chi connectivity index (χ1n) is 6.85. The minimum atomic E-state index is 0.392. The van der Waals surface area contributed by atoms with E-state index in [1.54, 1.807) is 7.11 Å². The number of methoxy groups -OCH3 is 1. The molecule has 1 fully saturated rings. The van der Waals surface area contributed by atoms with Gasteiger partial charge in [0, 0.05) is 25.8 Å². The van der Waals surface area contributed by atoms with Crippen molar-refractivity contribution in [2.75, 3.05) is 26.7 Å². The molecule has 0 spiro atoms. The Kier molecular flexibility index (Phi) is 5.41. The summed E-state index contributed by atoms with van der Waals surface area (Å²) in [7, 11) is 1.80. The van der Waals surface area contributed by atoms with Crippen LogP contribution in [0.2, 0.25) is 0 Å². The van der Waals surface area contributed by atoms with Crippen molar-refractivity contribution in [3.63, 3.8) is 0 Å². The number of benzene rings is 1. The maximum absolute atomic E-state index is 5.45. The molecule has 1 aromatic carbocycles. The van der Waals surface area contributed by atoms with Crippen LogP contribution in [0.1, 0.15) is 24.0 Å². The number of hydrogen-bond donors (Lipinski definition) is 1. The summed E-state index contributed by atoms with van der Waals surface area (Å²) >= 11 is 0. The Balaban J connectivity index is 1.92. The third-order valence-corrected chi connectivity index (χ3v) is 3.49. The van der Waals surface area contributed by atoms with Gasteiger partial charge in [-0.25, -0.2) is 0 Å². The van der Waals surface area contributed by atoms with Gasteiger partial charge in [-0.15, -0.1) is 0 Å². The predicted octanol–water partition coefficient (Wildman–Crippen LogP) is 1.61. The number of hydrogen-bond acceptors (Lipinski definition) is 3. The van der Waals surface area contributed by atoms with E-state index in [4.69, 9.17) is 10.5 Å². The molecule has 2 rings (SSSR count). The van der Waals surface area contributed by atoms with E-state index in [1.165, 1.54) is 18.4 Å². The van der Waals surface area contributed by atoms with Crippen molar-refractivity contribution >= 4 is 0 Å². The molecule has 0 aliphatic carbocycles. The smallest absolute Gasteiger partial charge is 0.0698 e. The molecule has 0 radical (unpaired) electrons. The molecule has 0 saturated carbocycles. The average Bonchev–Trinajstić information content (AvgIpc) is 2.47. The fourth-order valence-electron chi connectivity index (χ4n) is 2.45. The van der Waals surface area contributed by atoms with Gasteiger partial charge in [0.2, 0.25) is 0 Å². The summed E-state index contributed by atoms with van der Waals surface area (Å²) in [6.07, 6.45) is 2.79. The Morgan fingerprint density at radius 3 is 2.84 bits per heavy atom. The van der Waals surface area contributed by atoms with Crippen LogP contribution in [0.5, 0.6) is 0 Å². The normalized spacial score (nSPS) is 19.8. The molecule has 1 aliphatic rings. The number of nitrogens with two attached hydrogens (primary N) is 1. The van der Waals surface area contributed by atoms with E-state index < -0.39 is 0 Å². The topological polar surface area (TPSA) is 38.5 Å². The van der Waals surface area contributed by atoms with Gasteiger partial charge in [-0.1, -0.05) is 24.0 Å². The highest BCUT2D eigenvalue weighted by atomic mass is 16.5. The minimum Gasteiger partial charge on any atom is -0.380 e. The number of likely N-dealkylation sites (tertiary alicyclic amines) is 1. The molecular formula is C16H22N2O. The fraction of sp³-hybridized carbons (Fsp3) is 0.500.